The number of alkyl halides is 1. The van der Waals surface area contributed by atoms with E-state index in [9.17, 15) is 19.5 Å². The summed E-state index contributed by atoms with van der Waals surface area (Å²) in [6.45, 7) is 9.20. The zero-order chi connectivity index (χ0) is 25.5. The summed E-state index contributed by atoms with van der Waals surface area (Å²) >= 11 is 11.7. The highest BCUT2D eigenvalue weighted by atomic mass is 79.9. The molecular weight excluding hydrogens is 556 g/mol. The lowest BCUT2D eigenvalue weighted by Gasteiger charge is -2.38. The van der Waals surface area contributed by atoms with Gasteiger partial charge in [-0.15, -0.1) is 18.3 Å². The number of ether oxygens (including phenoxy) is 1. The standard InChI is InChI=1S/C25H28BrClN2O5S/c1-4-9-28(19-14(3)7-6-8-16(19)27)23(32)21-25-13-15(26)20(35-25)17(24(33)34-12-5-2)18(25)22(31)29(21)10-11-30/h4-8,15,17-18,20-21,30H,1-2,9-13H2,3H3/t15?,17-,18-,20-,21?,25?/m0/s1. The van der Waals surface area contributed by atoms with Crippen LogP contribution in [0.15, 0.2) is 43.5 Å². The van der Waals surface area contributed by atoms with E-state index in [0.717, 1.165) is 5.56 Å². The van der Waals surface area contributed by atoms with Crippen molar-refractivity contribution in [3.05, 3.63) is 54.1 Å². The van der Waals surface area contributed by atoms with Crippen molar-refractivity contribution < 1.29 is 24.2 Å². The van der Waals surface area contributed by atoms with Gasteiger partial charge in [0.05, 0.1) is 33.9 Å². The Kier molecular flexibility index (Phi) is 7.71. The van der Waals surface area contributed by atoms with Crippen molar-refractivity contribution in [2.24, 2.45) is 11.8 Å². The lowest BCUT2D eigenvalue weighted by molar-refractivity contribution is -0.153. The van der Waals surface area contributed by atoms with Crippen molar-refractivity contribution in [2.75, 3.05) is 31.2 Å². The van der Waals surface area contributed by atoms with E-state index in [1.807, 2.05) is 19.1 Å². The summed E-state index contributed by atoms with van der Waals surface area (Å²) < 4.78 is 4.53. The molecule has 35 heavy (non-hydrogen) atoms. The van der Waals surface area contributed by atoms with E-state index < -0.39 is 28.6 Å². The third-order valence-corrected chi connectivity index (χ3v) is 10.5. The number of likely N-dealkylation sites (tertiary alicyclic amines) is 1. The van der Waals surface area contributed by atoms with Crippen molar-refractivity contribution in [3.8, 4) is 0 Å². The second-order valence-electron chi connectivity index (χ2n) is 8.98. The maximum absolute atomic E-state index is 14.3. The van der Waals surface area contributed by atoms with Crippen LogP contribution in [0.3, 0.4) is 0 Å². The smallest absolute Gasteiger partial charge is 0.311 e. The van der Waals surface area contributed by atoms with E-state index in [0.29, 0.717) is 17.1 Å². The molecule has 4 rings (SSSR count). The van der Waals surface area contributed by atoms with Crippen LogP contribution in [0, 0.1) is 18.8 Å². The Morgan fingerprint density at radius 3 is 2.77 bits per heavy atom. The van der Waals surface area contributed by atoms with Gasteiger partial charge in [-0.25, -0.2) is 0 Å². The Morgan fingerprint density at radius 1 is 1.40 bits per heavy atom. The molecule has 3 unspecified atom stereocenters. The van der Waals surface area contributed by atoms with Gasteiger partial charge in [-0.05, 0) is 25.0 Å². The molecular formula is C25H28BrClN2O5S. The van der Waals surface area contributed by atoms with E-state index in [2.05, 4.69) is 29.1 Å². The van der Waals surface area contributed by atoms with Gasteiger partial charge in [-0.3, -0.25) is 14.4 Å². The van der Waals surface area contributed by atoms with Crippen molar-refractivity contribution in [1.29, 1.82) is 0 Å². The van der Waals surface area contributed by atoms with E-state index in [4.69, 9.17) is 16.3 Å². The van der Waals surface area contributed by atoms with Crippen LogP contribution in [0.4, 0.5) is 5.69 Å². The number of anilines is 1. The number of hydrogen-bond donors (Lipinski definition) is 1. The zero-order valence-corrected chi connectivity index (χ0v) is 22.5. The monoisotopic (exact) mass is 582 g/mol. The molecule has 1 aromatic rings. The van der Waals surface area contributed by atoms with E-state index in [-0.39, 0.29) is 48.2 Å². The highest BCUT2D eigenvalue weighted by Gasteiger charge is 2.76. The van der Waals surface area contributed by atoms with Crippen LogP contribution in [-0.2, 0) is 19.1 Å². The molecule has 3 aliphatic heterocycles. The summed E-state index contributed by atoms with van der Waals surface area (Å²) in [6.07, 6.45) is 3.64. The number of carbonyl (C=O) groups is 3. The molecule has 0 radical (unpaired) electrons. The van der Waals surface area contributed by atoms with Crippen LogP contribution >= 0.6 is 39.3 Å². The van der Waals surface area contributed by atoms with Crippen molar-refractivity contribution >= 4 is 62.8 Å². The summed E-state index contributed by atoms with van der Waals surface area (Å²) in [6, 6.07) is 4.52. The van der Waals surface area contributed by atoms with Gasteiger partial charge in [0.2, 0.25) is 5.91 Å². The number of hydrogen-bond acceptors (Lipinski definition) is 6. The van der Waals surface area contributed by atoms with Crippen LogP contribution in [0.25, 0.3) is 0 Å². The number of β-amino-alcohol motifs (C(OH)–C–C–N with tert-alkyl or cyclic N) is 1. The molecule has 3 saturated heterocycles. The Balaban J connectivity index is 1.80. The number of para-hydroxylation sites is 1. The predicted octanol–water partition coefficient (Wildman–Crippen LogP) is 3.35. The SMILES string of the molecule is C=CCOC(=O)[C@H]1[C@H]2C(=O)N(CCO)C(C(=O)N(CC=C)c3c(C)cccc3Cl)C23CC(Br)[C@@H]1S3. The summed E-state index contributed by atoms with van der Waals surface area (Å²) in [5, 5.41) is 10.0. The maximum atomic E-state index is 14.3. The van der Waals surface area contributed by atoms with Gasteiger partial charge < -0.3 is 19.6 Å². The zero-order valence-electron chi connectivity index (χ0n) is 19.4. The fraction of sp³-hybridized carbons (Fsp3) is 0.480. The summed E-state index contributed by atoms with van der Waals surface area (Å²) in [5.74, 6) is -2.49. The second kappa shape index (κ2) is 10.3. The normalized spacial score (nSPS) is 30.8. The highest BCUT2D eigenvalue weighted by Crippen LogP contribution is 2.68. The number of rotatable bonds is 9. The Hall–Kier alpha value is -1.81. The number of nitrogens with zero attached hydrogens (tertiary/aromatic N) is 2. The van der Waals surface area contributed by atoms with Gasteiger partial charge in [0, 0.05) is 23.2 Å². The molecule has 3 aliphatic rings. The average molecular weight is 584 g/mol. The summed E-state index contributed by atoms with van der Waals surface area (Å²) in [5.41, 5.74) is 1.37. The molecule has 0 aliphatic carbocycles. The number of fused-ring (bicyclic) bond motifs is 1. The maximum Gasteiger partial charge on any atom is 0.311 e. The fourth-order valence-corrected chi connectivity index (χ4v) is 9.72. The minimum atomic E-state index is -0.880. The number of halogens is 2. The summed E-state index contributed by atoms with van der Waals surface area (Å²) in [7, 11) is 0. The van der Waals surface area contributed by atoms with Crippen molar-refractivity contribution in [1.82, 2.24) is 4.90 Å². The number of esters is 1. The van der Waals surface area contributed by atoms with Crippen molar-refractivity contribution in [2.45, 2.75) is 34.2 Å². The molecule has 1 N–H and O–H groups in total. The van der Waals surface area contributed by atoms with E-state index in [1.54, 1.807) is 17.0 Å². The number of benzene rings is 1. The number of amides is 2. The molecule has 6 atom stereocenters. The molecule has 1 spiro atoms. The van der Waals surface area contributed by atoms with Gasteiger partial charge >= 0.3 is 5.97 Å². The quantitative estimate of drug-likeness (QED) is 0.273. The molecule has 1 aromatic carbocycles. The lowest BCUT2D eigenvalue weighted by atomic mass is 9.71. The van der Waals surface area contributed by atoms with Gasteiger partial charge in [0.15, 0.2) is 0 Å². The average Bonchev–Trinajstić information content (AvgIpc) is 3.40. The van der Waals surface area contributed by atoms with E-state index in [1.165, 1.54) is 22.7 Å². The van der Waals surface area contributed by atoms with Gasteiger partial charge in [0.1, 0.15) is 12.6 Å². The number of aryl methyl sites for hydroxylation is 1. The Labute approximate surface area is 222 Å². The van der Waals surface area contributed by atoms with E-state index >= 15 is 0 Å². The third-order valence-electron chi connectivity index (χ3n) is 7.02. The third kappa shape index (κ3) is 4.14. The first-order valence-electron chi connectivity index (χ1n) is 11.4. The molecule has 2 amide bonds. The van der Waals surface area contributed by atoms with Gasteiger partial charge in [-0.2, -0.15) is 0 Å². The lowest BCUT2D eigenvalue weighted by Crippen LogP contribution is -2.56. The molecule has 7 nitrogen and oxygen atoms in total. The second-order valence-corrected chi connectivity index (χ2v) is 12.1. The first kappa shape index (κ1) is 26.3. The fourth-order valence-electron chi connectivity index (χ4n) is 5.80. The molecule has 3 fully saturated rings. The molecule has 2 bridgehead atoms. The van der Waals surface area contributed by atoms with Crippen molar-refractivity contribution in [3.63, 3.8) is 0 Å². The molecule has 3 heterocycles. The Morgan fingerprint density at radius 2 is 2.14 bits per heavy atom. The minimum Gasteiger partial charge on any atom is -0.461 e. The Bertz CT molecular complexity index is 1050. The number of thioether (sulfide) groups is 1. The predicted molar refractivity (Wildman–Crippen MR) is 141 cm³/mol. The van der Waals surface area contributed by atoms with Gasteiger partial charge in [0.25, 0.3) is 5.91 Å². The summed E-state index contributed by atoms with van der Waals surface area (Å²) in [4.78, 5) is 44.1. The number of aliphatic hydroxyl groups is 1. The molecule has 10 heteroatoms. The van der Waals surface area contributed by atoms with Crippen LogP contribution in [-0.4, -0.2) is 75.0 Å². The van der Waals surface area contributed by atoms with Crippen LogP contribution in [0.5, 0.6) is 0 Å². The van der Waals surface area contributed by atoms with Crippen LogP contribution in [0.2, 0.25) is 5.02 Å². The molecule has 0 aromatic heterocycles. The number of aliphatic hydroxyl groups excluding tert-OH is 1. The topological polar surface area (TPSA) is 87.1 Å². The molecule has 0 saturated carbocycles. The largest absolute Gasteiger partial charge is 0.461 e. The van der Waals surface area contributed by atoms with Crippen LogP contribution in [0.1, 0.15) is 12.0 Å². The molecule has 188 valence electrons. The van der Waals surface area contributed by atoms with Crippen LogP contribution < -0.4 is 4.90 Å². The minimum absolute atomic E-state index is 0.0104. The first-order chi connectivity index (χ1) is 16.7. The highest BCUT2D eigenvalue weighted by molar-refractivity contribution is 9.09. The first-order valence-corrected chi connectivity index (χ1v) is 13.6. The van der Waals surface area contributed by atoms with Gasteiger partial charge in [-0.1, -0.05) is 58.4 Å². The number of carbonyl (C=O) groups excluding carboxylic acids is 3.